The van der Waals surface area contributed by atoms with Crippen LogP contribution < -0.4 is 4.90 Å². The summed E-state index contributed by atoms with van der Waals surface area (Å²) >= 11 is 1.73. The van der Waals surface area contributed by atoms with Crippen molar-refractivity contribution >= 4 is 17.2 Å². The zero-order valence-electron chi connectivity index (χ0n) is 13.6. The number of nitrogens with zero attached hydrogens (tertiary/aromatic N) is 5. The molecule has 0 N–H and O–H groups in total. The predicted octanol–water partition coefficient (Wildman–Crippen LogP) is 2.52. The Morgan fingerprint density at radius 3 is 2.57 bits per heavy atom. The summed E-state index contributed by atoms with van der Waals surface area (Å²) in [6, 6.07) is 0. The van der Waals surface area contributed by atoms with Crippen LogP contribution in [-0.4, -0.2) is 46.0 Å². The molecule has 0 amide bonds. The van der Waals surface area contributed by atoms with Crippen molar-refractivity contribution in [2.75, 3.05) is 31.1 Å². The Bertz CT molecular complexity index is 652. The number of aromatic nitrogens is 3. The lowest BCUT2D eigenvalue weighted by Gasteiger charge is -2.35. The van der Waals surface area contributed by atoms with Crippen LogP contribution in [0.3, 0.4) is 0 Å². The van der Waals surface area contributed by atoms with Crippen molar-refractivity contribution in [3.8, 4) is 0 Å². The lowest BCUT2D eigenvalue weighted by atomic mass is 10.2. The van der Waals surface area contributed by atoms with Gasteiger partial charge in [-0.05, 0) is 12.8 Å². The molecule has 1 aliphatic rings. The Balaban J connectivity index is 1.60. The maximum atomic E-state index is 14.4. The molecule has 0 saturated carbocycles. The van der Waals surface area contributed by atoms with Gasteiger partial charge < -0.3 is 4.90 Å². The molecule has 3 heterocycles. The zero-order valence-corrected chi connectivity index (χ0v) is 14.4. The lowest BCUT2D eigenvalue weighted by molar-refractivity contribution is 0.246. The average molecular weight is 335 g/mol. The fourth-order valence-electron chi connectivity index (χ4n) is 2.79. The van der Waals surface area contributed by atoms with Gasteiger partial charge in [0.2, 0.25) is 0 Å². The average Bonchev–Trinajstić information content (AvgIpc) is 3.04. The number of halogens is 1. The molecule has 124 valence electrons. The number of hydrogen-bond acceptors (Lipinski definition) is 6. The minimum atomic E-state index is -0.268. The van der Waals surface area contributed by atoms with Crippen LogP contribution in [-0.2, 0) is 19.4 Å². The molecule has 5 nitrogen and oxygen atoms in total. The van der Waals surface area contributed by atoms with Crippen LogP contribution in [0.25, 0.3) is 0 Å². The van der Waals surface area contributed by atoms with Gasteiger partial charge in [-0.15, -0.1) is 11.3 Å². The molecular weight excluding hydrogens is 313 g/mol. The van der Waals surface area contributed by atoms with Gasteiger partial charge in [0, 0.05) is 38.1 Å². The summed E-state index contributed by atoms with van der Waals surface area (Å²) in [5.74, 6) is 0.175. The van der Waals surface area contributed by atoms with Crippen molar-refractivity contribution in [3.63, 3.8) is 0 Å². The summed E-state index contributed by atoms with van der Waals surface area (Å²) in [6.45, 7) is 8.25. The predicted molar refractivity (Wildman–Crippen MR) is 90.4 cm³/mol. The number of anilines is 1. The molecule has 1 fully saturated rings. The Hall–Kier alpha value is -1.60. The summed E-state index contributed by atoms with van der Waals surface area (Å²) in [6.07, 6.45) is 3.04. The number of thiazole rings is 1. The van der Waals surface area contributed by atoms with E-state index in [1.54, 1.807) is 11.3 Å². The molecule has 0 radical (unpaired) electrons. The van der Waals surface area contributed by atoms with Crippen LogP contribution in [0.5, 0.6) is 0 Å². The summed E-state index contributed by atoms with van der Waals surface area (Å²) in [5.41, 5.74) is 1.63. The van der Waals surface area contributed by atoms with Crippen LogP contribution in [0.1, 0.15) is 30.2 Å². The van der Waals surface area contributed by atoms with Gasteiger partial charge in [-0.3, -0.25) is 4.90 Å². The van der Waals surface area contributed by atoms with Crippen molar-refractivity contribution in [1.82, 2.24) is 19.9 Å². The summed E-state index contributed by atoms with van der Waals surface area (Å²) < 4.78 is 14.4. The van der Waals surface area contributed by atoms with E-state index in [4.69, 9.17) is 0 Å². The number of aryl methyl sites for hydroxylation is 2. The zero-order chi connectivity index (χ0) is 16.2. The first kappa shape index (κ1) is 16.3. The first-order chi connectivity index (χ1) is 11.2. The highest BCUT2D eigenvalue weighted by molar-refractivity contribution is 7.09. The Morgan fingerprint density at radius 2 is 1.91 bits per heavy atom. The third-order valence-electron chi connectivity index (χ3n) is 4.14. The highest BCUT2D eigenvalue weighted by atomic mass is 32.1. The number of rotatable bonds is 5. The van der Waals surface area contributed by atoms with E-state index < -0.39 is 0 Å². The molecule has 1 saturated heterocycles. The Labute approximate surface area is 140 Å². The van der Waals surface area contributed by atoms with Gasteiger partial charge in [0.15, 0.2) is 11.6 Å². The first-order valence-electron chi connectivity index (χ1n) is 8.11. The van der Waals surface area contributed by atoms with Crippen molar-refractivity contribution in [1.29, 1.82) is 0 Å². The lowest BCUT2D eigenvalue weighted by Crippen LogP contribution is -2.46. The van der Waals surface area contributed by atoms with Crippen LogP contribution in [0.2, 0.25) is 0 Å². The standard InChI is InChI=1S/C16H22FN5S/c1-3-13-15(17)16(19-11-18-13)22-7-5-21(6-8-22)9-12-10-23-14(4-2)20-12/h10-11H,3-9H2,1-2H3. The van der Waals surface area contributed by atoms with Gasteiger partial charge in [0.05, 0.1) is 16.4 Å². The molecule has 2 aromatic heterocycles. The van der Waals surface area contributed by atoms with E-state index in [9.17, 15) is 4.39 Å². The van der Waals surface area contributed by atoms with Crippen LogP contribution >= 0.6 is 11.3 Å². The Morgan fingerprint density at radius 1 is 1.13 bits per heavy atom. The van der Waals surface area contributed by atoms with Gasteiger partial charge in [-0.1, -0.05) is 13.8 Å². The van der Waals surface area contributed by atoms with Gasteiger partial charge in [0.25, 0.3) is 0 Å². The molecule has 1 aliphatic heterocycles. The molecule has 0 spiro atoms. The minimum absolute atomic E-state index is 0.268. The van der Waals surface area contributed by atoms with Crippen molar-refractivity contribution in [3.05, 3.63) is 33.9 Å². The van der Waals surface area contributed by atoms with Crippen LogP contribution in [0, 0.1) is 5.82 Å². The fourth-order valence-corrected chi connectivity index (χ4v) is 3.53. The van der Waals surface area contributed by atoms with E-state index >= 15 is 0 Å². The highest BCUT2D eigenvalue weighted by Gasteiger charge is 2.22. The van der Waals surface area contributed by atoms with Gasteiger partial charge in [-0.25, -0.2) is 19.3 Å². The molecule has 3 rings (SSSR count). The maximum Gasteiger partial charge on any atom is 0.187 e. The summed E-state index contributed by atoms with van der Waals surface area (Å²) in [4.78, 5) is 17.2. The number of piperazine rings is 1. The van der Waals surface area contributed by atoms with Crippen LogP contribution in [0.15, 0.2) is 11.7 Å². The van der Waals surface area contributed by atoms with Gasteiger partial charge in [0.1, 0.15) is 6.33 Å². The van der Waals surface area contributed by atoms with E-state index in [1.165, 1.54) is 11.3 Å². The Kier molecular flexibility index (Phi) is 5.17. The first-order valence-corrected chi connectivity index (χ1v) is 8.99. The SMILES string of the molecule is CCc1nc(CN2CCN(c3ncnc(CC)c3F)CC2)cs1. The smallest absolute Gasteiger partial charge is 0.187 e. The second-order valence-electron chi connectivity index (χ2n) is 5.66. The minimum Gasteiger partial charge on any atom is -0.352 e. The van der Waals surface area contributed by atoms with E-state index in [0.29, 0.717) is 17.9 Å². The van der Waals surface area contributed by atoms with E-state index in [2.05, 4.69) is 32.2 Å². The second-order valence-corrected chi connectivity index (χ2v) is 6.60. The monoisotopic (exact) mass is 335 g/mol. The summed E-state index contributed by atoms with van der Waals surface area (Å²) in [7, 11) is 0. The summed E-state index contributed by atoms with van der Waals surface area (Å²) in [5, 5.41) is 3.33. The highest BCUT2D eigenvalue weighted by Crippen LogP contribution is 2.20. The van der Waals surface area contributed by atoms with Crippen molar-refractivity contribution in [2.24, 2.45) is 0 Å². The quantitative estimate of drug-likeness (QED) is 0.840. The van der Waals surface area contributed by atoms with Crippen molar-refractivity contribution in [2.45, 2.75) is 33.2 Å². The number of hydrogen-bond donors (Lipinski definition) is 0. The molecule has 0 bridgehead atoms. The molecule has 0 aliphatic carbocycles. The fraction of sp³-hybridized carbons (Fsp3) is 0.562. The largest absolute Gasteiger partial charge is 0.352 e. The molecule has 23 heavy (non-hydrogen) atoms. The molecule has 0 aromatic carbocycles. The molecular formula is C16H22FN5S. The van der Waals surface area contributed by atoms with E-state index in [1.807, 2.05) is 11.8 Å². The molecule has 0 unspecified atom stereocenters. The van der Waals surface area contributed by atoms with Gasteiger partial charge in [-0.2, -0.15) is 0 Å². The third kappa shape index (κ3) is 3.67. The van der Waals surface area contributed by atoms with E-state index in [0.717, 1.165) is 44.8 Å². The molecule has 7 heteroatoms. The van der Waals surface area contributed by atoms with Crippen molar-refractivity contribution < 1.29 is 4.39 Å². The topological polar surface area (TPSA) is 45.2 Å². The van der Waals surface area contributed by atoms with Gasteiger partial charge >= 0.3 is 0 Å². The normalized spacial score (nSPS) is 16.0. The van der Waals surface area contributed by atoms with E-state index in [-0.39, 0.29) is 5.82 Å². The third-order valence-corrected chi connectivity index (χ3v) is 5.18. The molecule has 2 aromatic rings. The molecule has 0 atom stereocenters. The van der Waals surface area contributed by atoms with Crippen LogP contribution in [0.4, 0.5) is 10.2 Å². The maximum absolute atomic E-state index is 14.4. The second kappa shape index (κ2) is 7.31.